The van der Waals surface area contributed by atoms with E-state index in [0.717, 1.165) is 17.7 Å². The van der Waals surface area contributed by atoms with E-state index in [0.29, 0.717) is 10.9 Å². The molecular formula is C17H15N3O2. The monoisotopic (exact) mass is 293 g/mol. The first-order chi connectivity index (χ1) is 10.7. The predicted octanol–water partition coefficient (Wildman–Crippen LogP) is 2.74. The number of rotatable bonds is 3. The number of carbonyl (C=O) groups excluding carboxylic acids is 1. The smallest absolute Gasteiger partial charge is 0.320 e. The van der Waals surface area contributed by atoms with E-state index in [9.17, 15) is 9.59 Å². The van der Waals surface area contributed by atoms with Gasteiger partial charge in [0, 0.05) is 11.1 Å². The van der Waals surface area contributed by atoms with E-state index in [1.54, 1.807) is 24.3 Å². The Morgan fingerprint density at radius 3 is 2.68 bits per heavy atom. The van der Waals surface area contributed by atoms with Gasteiger partial charge in [0.25, 0.3) is 5.91 Å². The van der Waals surface area contributed by atoms with Crippen LogP contribution in [0.5, 0.6) is 0 Å². The molecule has 0 radical (unpaired) electrons. The Bertz CT molecular complexity index is 900. The molecule has 2 aromatic carbocycles. The van der Waals surface area contributed by atoms with Gasteiger partial charge < -0.3 is 10.3 Å². The lowest BCUT2D eigenvalue weighted by molar-refractivity contribution is 0.102. The summed E-state index contributed by atoms with van der Waals surface area (Å²) in [4.78, 5) is 30.6. The zero-order chi connectivity index (χ0) is 15.5. The van der Waals surface area contributed by atoms with Crippen molar-refractivity contribution in [2.24, 2.45) is 0 Å². The molecule has 0 bridgehead atoms. The molecule has 0 aliphatic heterocycles. The number of fused-ring (bicyclic) bond motifs is 1. The van der Waals surface area contributed by atoms with Crippen molar-refractivity contribution in [1.82, 2.24) is 9.97 Å². The average Bonchev–Trinajstić information content (AvgIpc) is 2.54. The molecule has 1 amide bonds. The molecule has 1 aromatic heterocycles. The molecule has 0 spiro atoms. The number of para-hydroxylation sites is 2. The summed E-state index contributed by atoms with van der Waals surface area (Å²) in [6, 6.07) is 14.7. The van der Waals surface area contributed by atoms with Crippen LogP contribution in [0.4, 0.5) is 5.69 Å². The third kappa shape index (κ3) is 2.61. The van der Waals surface area contributed by atoms with E-state index in [1.165, 1.54) is 0 Å². The molecule has 110 valence electrons. The van der Waals surface area contributed by atoms with Crippen LogP contribution in [0.25, 0.3) is 10.9 Å². The fraction of sp³-hybridized carbons (Fsp3) is 0.118. The predicted molar refractivity (Wildman–Crippen MR) is 86.1 cm³/mol. The zero-order valence-electron chi connectivity index (χ0n) is 12.1. The molecule has 0 saturated carbocycles. The number of H-pyrrole nitrogens is 1. The highest BCUT2D eigenvalue weighted by Crippen LogP contribution is 2.18. The standard InChI is InChI=1S/C17H15N3O2/c1-2-11-7-3-5-9-13(11)18-16(21)15-12-8-4-6-10-14(12)19-17(22)20-15/h3-10H,2H2,1H3,(H,18,21)(H,19,20,22). The molecule has 0 atom stereocenters. The molecule has 22 heavy (non-hydrogen) atoms. The van der Waals surface area contributed by atoms with E-state index in [1.807, 2.05) is 31.2 Å². The summed E-state index contributed by atoms with van der Waals surface area (Å²) in [6.07, 6.45) is 0.806. The van der Waals surface area contributed by atoms with Gasteiger partial charge in [0.15, 0.2) is 0 Å². The molecule has 3 rings (SSSR count). The van der Waals surface area contributed by atoms with Crippen LogP contribution in [-0.2, 0) is 6.42 Å². The molecule has 3 aromatic rings. The number of nitrogens with zero attached hydrogens (tertiary/aromatic N) is 1. The maximum absolute atomic E-state index is 12.5. The molecular weight excluding hydrogens is 278 g/mol. The maximum atomic E-state index is 12.5. The van der Waals surface area contributed by atoms with E-state index < -0.39 is 5.69 Å². The molecule has 0 aliphatic rings. The first-order valence-corrected chi connectivity index (χ1v) is 7.07. The molecule has 0 unspecified atom stereocenters. The molecule has 0 aliphatic carbocycles. The van der Waals surface area contributed by atoms with Gasteiger partial charge in [-0.1, -0.05) is 43.3 Å². The zero-order valence-corrected chi connectivity index (χ0v) is 12.1. The number of hydrogen-bond acceptors (Lipinski definition) is 3. The summed E-state index contributed by atoms with van der Waals surface area (Å²) < 4.78 is 0. The van der Waals surface area contributed by atoms with Gasteiger partial charge in [-0.2, -0.15) is 4.98 Å². The number of amides is 1. The SMILES string of the molecule is CCc1ccccc1NC(=O)c1nc(=O)[nH]c2ccccc12. The molecule has 0 saturated heterocycles. The fourth-order valence-electron chi connectivity index (χ4n) is 2.41. The van der Waals surface area contributed by atoms with Crippen molar-refractivity contribution in [1.29, 1.82) is 0 Å². The minimum Gasteiger partial charge on any atom is -0.320 e. The van der Waals surface area contributed by atoms with Crippen molar-refractivity contribution >= 4 is 22.5 Å². The van der Waals surface area contributed by atoms with Crippen LogP contribution in [0.3, 0.4) is 0 Å². The van der Waals surface area contributed by atoms with Gasteiger partial charge in [0.05, 0.1) is 5.52 Å². The quantitative estimate of drug-likeness (QED) is 0.779. The Hall–Kier alpha value is -2.95. The van der Waals surface area contributed by atoms with Gasteiger partial charge in [-0.3, -0.25) is 4.79 Å². The van der Waals surface area contributed by atoms with Gasteiger partial charge in [-0.25, -0.2) is 4.79 Å². The second-order valence-electron chi connectivity index (χ2n) is 4.90. The van der Waals surface area contributed by atoms with Gasteiger partial charge in [0.1, 0.15) is 5.69 Å². The van der Waals surface area contributed by atoms with Crippen molar-refractivity contribution in [2.75, 3.05) is 5.32 Å². The number of aromatic amines is 1. The summed E-state index contributed by atoms with van der Waals surface area (Å²) in [5.74, 6) is -0.386. The fourth-order valence-corrected chi connectivity index (χ4v) is 2.41. The molecule has 0 fully saturated rings. The van der Waals surface area contributed by atoms with Crippen LogP contribution < -0.4 is 11.0 Å². The molecule has 1 heterocycles. The summed E-state index contributed by atoms with van der Waals surface area (Å²) in [5, 5.41) is 3.46. The van der Waals surface area contributed by atoms with Crippen molar-refractivity contribution in [2.45, 2.75) is 13.3 Å². The minimum atomic E-state index is -0.535. The number of anilines is 1. The van der Waals surface area contributed by atoms with Crippen LogP contribution in [0.2, 0.25) is 0 Å². The van der Waals surface area contributed by atoms with Crippen molar-refractivity contribution in [3.63, 3.8) is 0 Å². The van der Waals surface area contributed by atoms with Crippen molar-refractivity contribution in [3.8, 4) is 0 Å². The number of hydrogen-bond donors (Lipinski definition) is 2. The van der Waals surface area contributed by atoms with Gasteiger partial charge in [0.2, 0.25) is 0 Å². The minimum absolute atomic E-state index is 0.130. The Kier molecular flexibility index (Phi) is 3.70. The largest absolute Gasteiger partial charge is 0.346 e. The third-order valence-electron chi connectivity index (χ3n) is 3.50. The second-order valence-corrected chi connectivity index (χ2v) is 4.90. The number of aromatic nitrogens is 2. The van der Waals surface area contributed by atoms with Crippen LogP contribution in [0.15, 0.2) is 53.3 Å². The Labute approximate surface area is 127 Å². The number of aryl methyl sites for hydroxylation is 1. The van der Waals surface area contributed by atoms with E-state index >= 15 is 0 Å². The topological polar surface area (TPSA) is 74.8 Å². The van der Waals surface area contributed by atoms with E-state index in [4.69, 9.17) is 0 Å². The van der Waals surface area contributed by atoms with E-state index in [2.05, 4.69) is 15.3 Å². The first kappa shape index (κ1) is 14.0. The van der Waals surface area contributed by atoms with Crippen molar-refractivity contribution in [3.05, 3.63) is 70.3 Å². The lowest BCUT2D eigenvalue weighted by atomic mass is 10.1. The van der Waals surface area contributed by atoms with Crippen LogP contribution in [0, 0.1) is 0 Å². The Balaban J connectivity index is 2.04. The number of benzene rings is 2. The third-order valence-corrected chi connectivity index (χ3v) is 3.50. The van der Waals surface area contributed by atoms with Gasteiger partial charge in [-0.05, 0) is 24.1 Å². The van der Waals surface area contributed by atoms with Crippen LogP contribution in [0.1, 0.15) is 23.0 Å². The summed E-state index contributed by atoms with van der Waals surface area (Å²) in [6.45, 7) is 2.02. The molecule has 5 heteroatoms. The number of carbonyl (C=O) groups is 1. The van der Waals surface area contributed by atoms with E-state index in [-0.39, 0.29) is 11.6 Å². The van der Waals surface area contributed by atoms with Crippen LogP contribution >= 0.6 is 0 Å². The normalized spacial score (nSPS) is 10.6. The van der Waals surface area contributed by atoms with Gasteiger partial charge >= 0.3 is 5.69 Å². The molecule has 2 N–H and O–H groups in total. The lowest BCUT2D eigenvalue weighted by Crippen LogP contribution is -2.21. The van der Waals surface area contributed by atoms with Gasteiger partial charge in [-0.15, -0.1) is 0 Å². The Morgan fingerprint density at radius 1 is 1.14 bits per heavy atom. The second kappa shape index (κ2) is 5.81. The highest BCUT2D eigenvalue weighted by molar-refractivity contribution is 6.10. The number of nitrogens with one attached hydrogen (secondary N) is 2. The first-order valence-electron chi connectivity index (χ1n) is 7.07. The summed E-state index contributed by atoms with van der Waals surface area (Å²) in [7, 11) is 0. The van der Waals surface area contributed by atoms with Crippen LogP contribution in [-0.4, -0.2) is 15.9 Å². The average molecular weight is 293 g/mol. The summed E-state index contributed by atoms with van der Waals surface area (Å²) in [5.41, 5.74) is 1.96. The highest BCUT2D eigenvalue weighted by Gasteiger charge is 2.14. The molecule has 5 nitrogen and oxygen atoms in total. The maximum Gasteiger partial charge on any atom is 0.346 e. The highest BCUT2D eigenvalue weighted by atomic mass is 16.2. The summed E-state index contributed by atoms with van der Waals surface area (Å²) >= 11 is 0. The van der Waals surface area contributed by atoms with Crippen molar-refractivity contribution < 1.29 is 4.79 Å². The Morgan fingerprint density at radius 2 is 1.86 bits per heavy atom. The lowest BCUT2D eigenvalue weighted by Gasteiger charge is -2.10.